The molecular weight excluding hydrogens is 358 g/mol. The largest absolute Gasteiger partial charge is 0.329 e. The van der Waals surface area contributed by atoms with Crippen LogP contribution in [0.4, 0.5) is 0 Å². The number of thiazole rings is 1. The van der Waals surface area contributed by atoms with Crippen LogP contribution in [-0.4, -0.2) is 37.3 Å². The smallest absolute Gasteiger partial charge is 0.254 e. The number of fused-ring (bicyclic) bond motifs is 2. The molecular formula is C20H19N5OS. The zero-order chi connectivity index (χ0) is 18.4. The van der Waals surface area contributed by atoms with Gasteiger partial charge in [0.05, 0.1) is 21.8 Å². The fraction of sp³-hybridized carbons (Fsp3) is 0.300. The van der Waals surface area contributed by atoms with Crippen LogP contribution in [0.5, 0.6) is 0 Å². The fourth-order valence-electron chi connectivity index (χ4n) is 3.80. The van der Waals surface area contributed by atoms with E-state index in [1.165, 1.54) is 4.70 Å². The molecule has 2 aromatic heterocycles. The van der Waals surface area contributed by atoms with Crippen molar-refractivity contribution in [3.8, 4) is 0 Å². The molecule has 1 atom stereocenters. The van der Waals surface area contributed by atoms with Crippen LogP contribution in [-0.2, 0) is 6.54 Å². The normalized spacial score (nSPS) is 17.2. The van der Waals surface area contributed by atoms with Gasteiger partial charge in [-0.15, -0.1) is 16.4 Å². The summed E-state index contributed by atoms with van der Waals surface area (Å²) in [4.78, 5) is 20.0. The monoisotopic (exact) mass is 377 g/mol. The first-order valence-corrected chi connectivity index (χ1v) is 10.1. The van der Waals surface area contributed by atoms with E-state index < -0.39 is 0 Å². The van der Waals surface area contributed by atoms with E-state index in [2.05, 4.69) is 16.4 Å². The van der Waals surface area contributed by atoms with Crippen LogP contribution >= 0.6 is 11.3 Å². The Balaban J connectivity index is 1.48. The molecule has 3 heterocycles. The van der Waals surface area contributed by atoms with Crippen molar-refractivity contribution in [2.24, 2.45) is 0 Å². The number of aromatic nitrogens is 4. The van der Waals surface area contributed by atoms with Gasteiger partial charge in [0, 0.05) is 18.7 Å². The number of amides is 1. The van der Waals surface area contributed by atoms with Gasteiger partial charge in [-0.05, 0) is 50.1 Å². The standard InChI is InChI=1S/C20H19N5OS/c1-2-25-16-10-9-13(12-15(16)22-23-25)20(26)24-11-5-7-17(24)19-21-14-6-3-4-8-18(14)27-19/h3-4,6,8-10,12,17H,2,5,7,11H2,1H3/t17-/m0/s1. The van der Waals surface area contributed by atoms with Gasteiger partial charge in [0.2, 0.25) is 0 Å². The number of aryl methyl sites for hydroxylation is 1. The molecule has 2 aromatic carbocycles. The van der Waals surface area contributed by atoms with Gasteiger partial charge in [0.25, 0.3) is 5.91 Å². The van der Waals surface area contributed by atoms with E-state index in [9.17, 15) is 4.79 Å². The molecule has 0 bridgehead atoms. The molecule has 5 rings (SSSR count). The molecule has 0 aliphatic carbocycles. The van der Waals surface area contributed by atoms with Gasteiger partial charge >= 0.3 is 0 Å². The summed E-state index contributed by atoms with van der Waals surface area (Å²) in [5.41, 5.74) is 3.39. The van der Waals surface area contributed by atoms with Crippen LogP contribution < -0.4 is 0 Å². The molecule has 1 fully saturated rings. The van der Waals surface area contributed by atoms with Crippen molar-refractivity contribution in [1.82, 2.24) is 24.9 Å². The van der Waals surface area contributed by atoms with Crippen LogP contribution in [0, 0.1) is 0 Å². The second kappa shape index (κ2) is 6.42. The third kappa shape index (κ3) is 2.70. The number of benzene rings is 2. The van der Waals surface area contributed by atoms with Gasteiger partial charge in [0.15, 0.2) is 0 Å². The molecule has 1 amide bonds. The van der Waals surface area contributed by atoms with Crippen molar-refractivity contribution in [3.63, 3.8) is 0 Å². The lowest BCUT2D eigenvalue weighted by molar-refractivity contribution is 0.0735. The van der Waals surface area contributed by atoms with Crippen molar-refractivity contribution in [2.75, 3.05) is 6.54 Å². The van der Waals surface area contributed by atoms with E-state index in [0.717, 1.165) is 47.5 Å². The SMILES string of the molecule is CCn1nnc2cc(C(=O)N3CCC[C@H]3c3nc4ccccc4s3)ccc21. The third-order valence-corrected chi connectivity index (χ3v) is 6.31. The van der Waals surface area contributed by atoms with Gasteiger partial charge in [0.1, 0.15) is 10.5 Å². The maximum Gasteiger partial charge on any atom is 0.254 e. The summed E-state index contributed by atoms with van der Waals surface area (Å²) in [6, 6.07) is 13.9. The zero-order valence-electron chi connectivity index (χ0n) is 15.0. The number of nitrogens with zero attached hydrogens (tertiary/aromatic N) is 5. The van der Waals surface area contributed by atoms with Gasteiger partial charge < -0.3 is 4.90 Å². The number of likely N-dealkylation sites (tertiary alicyclic amines) is 1. The maximum atomic E-state index is 13.2. The molecule has 0 unspecified atom stereocenters. The van der Waals surface area contributed by atoms with Crippen molar-refractivity contribution in [3.05, 3.63) is 53.0 Å². The van der Waals surface area contributed by atoms with E-state index in [4.69, 9.17) is 4.98 Å². The molecule has 136 valence electrons. The second-order valence-corrected chi connectivity index (χ2v) is 7.85. The highest BCUT2D eigenvalue weighted by Crippen LogP contribution is 2.37. The molecule has 0 N–H and O–H groups in total. The third-order valence-electron chi connectivity index (χ3n) is 5.17. The highest BCUT2D eigenvalue weighted by atomic mass is 32.1. The number of hydrogen-bond acceptors (Lipinski definition) is 5. The number of carbonyl (C=O) groups excluding carboxylic acids is 1. The van der Waals surface area contributed by atoms with Crippen molar-refractivity contribution >= 4 is 38.5 Å². The topological polar surface area (TPSA) is 63.9 Å². The Kier molecular flexibility index (Phi) is 3.89. The van der Waals surface area contributed by atoms with Crippen molar-refractivity contribution in [1.29, 1.82) is 0 Å². The van der Waals surface area contributed by atoms with Crippen LogP contribution in [0.25, 0.3) is 21.3 Å². The van der Waals surface area contributed by atoms with E-state index in [1.807, 2.05) is 52.9 Å². The maximum absolute atomic E-state index is 13.2. The second-order valence-electron chi connectivity index (χ2n) is 6.79. The first-order valence-electron chi connectivity index (χ1n) is 9.24. The van der Waals surface area contributed by atoms with Gasteiger partial charge in [-0.1, -0.05) is 17.3 Å². The van der Waals surface area contributed by atoms with Crippen LogP contribution in [0.3, 0.4) is 0 Å². The summed E-state index contributed by atoms with van der Waals surface area (Å²) >= 11 is 1.69. The summed E-state index contributed by atoms with van der Waals surface area (Å²) in [6.07, 6.45) is 1.96. The van der Waals surface area contributed by atoms with Gasteiger partial charge in [-0.2, -0.15) is 0 Å². The number of carbonyl (C=O) groups is 1. The summed E-state index contributed by atoms with van der Waals surface area (Å²) in [6.45, 7) is 3.55. The van der Waals surface area contributed by atoms with E-state index in [-0.39, 0.29) is 11.9 Å². The fourth-order valence-corrected chi connectivity index (χ4v) is 4.92. The van der Waals surface area contributed by atoms with Crippen molar-refractivity contribution < 1.29 is 4.79 Å². The molecule has 1 saturated heterocycles. The summed E-state index contributed by atoms with van der Waals surface area (Å²) in [5, 5.41) is 9.36. The summed E-state index contributed by atoms with van der Waals surface area (Å²) in [5.74, 6) is 0.0460. The molecule has 0 saturated carbocycles. The minimum atomic E-state index is 0.0460. The lowest BCUT2D eigenvalue weighted by Gasteiger charge is -2.23. The quantitative estimate of drug-likeness (QED) is 0.541. The first kappa shape index (κ1) is 16.4. The molecule has 4 aromatic rings. The minimum absolute atomic E-state index is 0.0460. The Morgan fingerprint density at radius 1 is 1.22 bits per heavy atom. The predicted molar refractivity (Wildman–Crippen MR) is 106 cm³/mol. The number of para-hydroxylation sites is 1. The average molecular weight is 377 g/mol. The van der Waals surface area contributed by atoms with Crippen molar-refractivity contribution in [2.45, 2.75) is 32.4 Å². The van der Waals surface area contributed by atoms with Crippen LogP contribution in [0.1, 0.15) is 41.2 Å². The molecule has 1 aliphatic rings. The molecule has 6 nitrogen and oxygen atoms in total. The van der Waals surface area contributed by atoms with E-state index in [1.54, 1.807) is 11.3 Å². The Morgan fingerprint density at radius 3 is 2.96 bits per heavy atom. The van der Waals surface area contributed by atoms with E-state index >= 15 is 0 Å². The van der Waals surface area contributed by atoms with Crippen LogP contribution in [0.2, 0.25) is 0 Å². The first-order chi connectivity index (χ1) is 13.2. The number of hydrogen-bond donors (Lipinski definition) is 0. The highest BCUT2D eigenvalue weighted by Gasteiger charge is 2.33. The van der Waals surface area contributed by atoms with Gasteiger partial charge in [-0.25, -0.2) is 9.67 Å². The lowest BCUT2D eigenvalue weighted by atomic mass is 10.1. The Hall–Kier alpha value is -2.80. The molecule has 1 aliphatic heterocycles. The van der Waals surface area contributed by atoms with Crippen LogP contribution in [0.15, 0.2) is 42.5 Å². The average Bonchev–Trinajstić information content (AvgIpc) is 3.43. The summed E-state index contributed by atoms with van der Waals surface area (Å²) < 4.78 is 3.01. The summed E-state index contributed by atoms with van der Waals surface area (Å²) in [7, 11) is 0. The lowest BCUT2D eigenvalue weighted by Crippen LogP contribution is -2.30. The number of rotatable bonds is 3. The molecule has 27 heavy (non-hydrogen) atoms. The highest BCUT2D eigenvalue weighted by molar-refractivity contribution is 7.18. The van der Waals surface area contributed by atoms with Gasteiger partial charge in [-0.3, -0.25) is 4.79 Å². The Morgan fingerprint density at radius 2 is 2.11 bits per heavy atom. The predicted octanol–water partition coefficient (Wildman–Crippen LogP) is 4.04. The zero-order valence-corrected chi connectivity index (χ0v) is 15.8. The Bertz CT molecular complexity index is 1110. The Labute approximate surface area is 160 Å². The molecule has 0 radical (unpaired) electrons. The van der Waals surface area contributed by atoms with E-state index in [0.29, 0.717) is 5.56 Å². The minimum Gasteiger partial charge on any atom is -0.329 e. The molecule has 7 heteroatoms. The molecule has 0 spiro atoms.